The van der Waals surface area contributed by atoms with Gasteiger partial charge in [0.1, 0.15) is 5.75 Å². The van der Waals surface area contributed by atoms with Gasteiger partial charge in [-0.3, -0.25) is 4.79 Å². The van der Waals surface area contributed by atoms with Crippen molar-refractivity contribution in [2.75, 3.05) is 25.4 Å². The van der Waals surface area contributed by atoms with E-state index in [0.29, 0.717) is 25.1 Å². The number of ether oxygens (including phenoxy) is 1. The molecular weight excluding hydrogens is 304 g/mol. The predicted molar refractivity (Wildman–Crippen MR) is 82.2 cm³/mol. The number of amides is 1. The Labute approximate surface area is 130 Å². The molecule has 1 fully saturated rings. The molecule has 2 aliphatic heterocycles. The highest BCUT2D eigenvalue weighted by molar-refractivity contribution is 7.89. The van der Waals surface area contributed by atoms with E-state index in [-0.39, 0.29) is 17.6 Å². The molecule has 0 aromatic heterocycles. The summed E-state index contributed by atoms with van der Waals surface area (Å²) < 4.78 is 27.9. The maximum absolute atomic E-state index is 12.5. The molecule has 2 aliphatic rings. The molecule has 0 bridgehead atoms. The molecule has 0 spiro atoms. The molecule has 22 heavy (non-hydrogen) atoms. The number of aryl methyl sites for hydroxylation is 1. The zero-order valence-corrected chi connectivity index (χ0v) is 13.1. The molecule has 0 saturated carbocycles. The SMILES string of the molecule is NS(=O)(=O)CC1CCN(C(=O)c2ccc3c(c2)CCCO3)C1. The zero-order valence-electron chi connectivity index (χ0n) is 12.3. The Morgan fingerprint density at radius 2 is 2.23 bits per heavy atom. The summed E-state index contributed by atoms with van der Waals surface area (Å²) in [6.45, 7) is 1.75. The van der Waals surface area contributed by atoms with E-state index < -0.39 is 10.0 Å². The summed E-state index contributed by atoms with van der Waals surface area (Å²) in [5.41, 5.74) is 1.71. The molecule has 1 unspecified atom stereocenters. The number of fused-ring (bicyclic) bond motifs is 1. The van der Waals surface area contributed by atoms with Crippen LogP contribution in [0.15, 0.2) is 18.2 Å². The quantitative estimate of drug-likeness (QED) is 0.889. The molecule has 0 aliphatic carbocycles. The summed E-state index contributed by atoms with van der Waals surface area (Å²) in [7, 11) is -3.49. The number of carbonyl (C=O) groups is 1. The standard InChI is InChI=1S/C15H20N2O4S/c16-22(19,20)10-11-5-6-17(9-11)15(18)13-3-4-14-12(8-13)2-1-7-21-14/h3-4,8,11H,1-2,5-7,9-10H2,(H2,16,19,20). The average molecular weight is 324 g/mol. The minimum Gasteiger partial charge on any atom is -0.493 e. The van der Waals surface area contributed by atoms with E-state index in [4.69, 9.17) is 9.88 Å². The van der Waals surface area contributed by atoms with Crippen LogP contribution in [0, 0.1) is 5.92 Å². The van der Waals surface area contributed by atoms with Crippen LogP contribution >= 0.6 is 0 Å². The van der Waals surface area contributed by atoms with Crippen LogP contribution in [0.3, 0.4) is 0 Å². The van der Waals surface area contributed by atoms with Crippen LogP contribution < -0.4 is 9.88 Å². The molecule has 1 amide bonds. The largest absolute Gasteiger partial charge is 0.493 e. The first-order valence-corrected chi connectivity index (χ1v) is 9.19. The van der Waals surface area contributed by atoms with Gasteiger partial charge in [0, 0.05) is 18.7 Å². The van der Waals surface area contributed by atoms with E-state index >= 15 is 0 Å². The molecule has 120 valence electrons. The van der Waals surface area contributed by atoms with Gasteiger partial charge in [-0.25, -0.2) is 13.6 Å². The molecule has 2 heterocycles. The van der Waals surface area contributed by atoms with E-state index in [1.54, 1.807) is 11.0 Å². The van der Waals surface area contributed by atoms with Gasteiger partial charge >= 0.3 is 0 Å². The number of benzene rings is 1. The van der Waals surface area contributed by atoms with Crippen LogP contribution in [-0.4, -0.2) is 44.7 Å². The van der Waals surface area contributed by atoms with E-state index in [1.807, 2.05) is 12.1 Å². The molecule has 3 rings (SSSR count). The number of rotatable bonds is 3. The molecule has 1 aromatic rings. The highest BCUT2D eigenvalue weighted by Crippen LogP contribution is 2.27. The van der Waals surface area contributed by atoms with Gasteiger partial charge in [0.2, 0.25) is 10.0 Å². The van der Waals surface area contributed by atoms with Gasteiger partial charge in [-0.1, -0.05) is 0 Å². The van der Waals surface area contributed by atoms with Crippen molar-refractivity contribution in [1.82, 2.24) is 4.90 Å². The topological polar surface area (TPSA) is 89.7 Å². The van der Waals surface area contributed by atoms with Crippen molar-refractivity contribution in [3.05, 3.63) is 29.3 Å². The van der Waals surface area contributed by atoms with Gasteiger partial charge in [-0.05, 0) is 48.9 Å². The average Bonchev–Trinajstić information content (AvgIpc) is 2.92. The van der Waals surface area contributed by atoms with Crippen molar-refractivity contribution < 1.29 is 17.9 Å². The third-order valence-corrected chi connectivity index (χ3v) is 5.13. The van der Waals surface area contributed by atoms with Crippen LogP contribution in [0.25, 0.3) is 0 Å². The summed E-state index contributed by atoms with van der Waals surface area (Å²) in [6, 6.07) is 5.52. The lowest BCUT2D eigenvalue weighted by molar-refractivity contribution is 0.0788. The van der Waals surface area contributed by atoms with Crippen molar-refractivity contribution in [3.8, 4) is 5.75 Å². The Kier molecular flexibility index (Phi) is 4.10. The van der Waals surface area contributed by atoms with Crippen LogP contribution in [0.5, 0.6) is 5.75 Å². The predicted octanol–water partition coefficient (Wildman–Crippen LogP) is 0.762. The molecule has 2 N–H and O–H groups in total. The summed E-state index contributed by atoms with van der Waals surface area (Å²) in [5, 5.41) is 5.08. The maximum Gasteiger partial charge on any atom is 0.253 e. The Balaban J connectivity index is 1.70. The van der Waals surface area contributed by atoms with Crippen molar-refractivity contribution >= 4 is 15.9 Å². The van der Waals surface area contributed by atoms with Gasteiger partial charge in [0.15, 0.2) is 0 Å². The number of carbonyl (C=O) groups excluding carboxylic acids is 1. The third-order valence-electron chi connectivity index (χ3n) is 4.20. The van der Waals surface area contributed by atoms with Crippen molar-refractivity contribution in [3.63, 3.8) is 0 Å². The molecule has 0 radical (unpaired) electrons. The Hall–Kier alpha value is -1.60. The first-order chi connectivity index (χ1) is 10.4. The van der Waals surface area contributed by atoms with E-state index in [1.165, 1.54) is 0 Å². The van der Waals surface area contributed by atoms with Crippen molar-refractivity contribution in [1.29, 1.82) is 0 Å². The highest BCUT2D eigenvalue weighted by Gasteiger charge is 2.29. The molecule has 7 heteroatoms. The highest BCUT2D eigenvalue weighted by atomic mass is 32.2. The minimum absolute atomic E-state index is 0.0507. The number of hydrogen-bond acceptors (Lipinski definition) is 4. The van der Waals surface area contributed by atoms with Gasteiger partial charge < -0.3 is 9.64 Å². The first-order valence-electron chi connectivity index (χ1n) is 7.48. The fraction of sp³-hybridized carbons (Fsp3) is 0.533. The lowest BCUT2D eigenvalue weighted by Gasteiger charge is -2.20. The van der Waals surface area contributed by atoms with Gasteiger partial charge in [-0.2, -0.15) is 0 Å². The fourth-order valence-corrected chi connectivity index (χ4v) is 4.09. The Morgan fingerprint density at radius 1 is 1.41 bits per heavy atom. The summed E-state index contributed by atoms with van der Waals surface area (Å²) in [6.07, 6.45) is 2.56. The minimum atomic E-state index is -3.49. The summed E-state index contributed by atoms with van der Waals surface area (Å²) in [4.78, 5) is 14.3. The van der Waals surface area contributed by atoms with Crippen LogP contribution in [0.4, 0.5) is 0 Å². The third kappa shape index (κ3) is 3.41. The van der Waals surface area contributed by atoms with Crippen LogP contribution in [-0.2, 0) is 16.4 Å². The molecular formula is C15H20N2O4S. The smallest absolute Gasteiger partial charge is 0.253 e. The number of nitrogens with two attached hydrogens (primary N) is 1. The number of primary sulfonamides is 1. The monoisotopic (exact) mass is 324 g/mol. The first kappa shape index (κ1) is 15.3. The maximum atomic E-state index is 12.5. The second-order valence-corrected chi connectivity index (χ2v) is 7.67. The van der Waals surface area contributed by atoms with E-state index in [0.717, 1.165) is 30.8 Å². The normalized spacial score (nSPS) is 21.3. The van der Waals surface area contributed by atoms with E-state index in [9.17, 15) is 13.2 Å². The lowest BCUT2D eigenvalue weighted by Crippen LogP contribution is -2.31. The van der Waals surface area contributed by atoms with Gasteiger partial charge in [0.05, 0.1) is 12.4 Å². The number of nitrogens with zero attached hydrogens (tertiary/aromatic N) is 1. The molecule has 6 nitrogen and oxygen atoms in total. The molecule has 1 aromatic carbocycles. The van der Waals surface area contributed by atoms with E-state index in [2.05, 4.69) is 0 Å². The Morgan fingerprint density at radius 3 is 3.00 bits per heavy atom. The van der Waals surface area contributed by atoms with Gasteiger partial charge in [-0.15, -0.1) is 0 Å². The van der Waals surface area contributed by atoms with Crippen molar-refractivity contribution in [2.45, 2.75) is 19.3 Å². The number of likely N-dealkylation sites (tertiary alicyclic amines) is 1. The zero-order chi connectivity index (χ0) is 15.7. The number of hydrogen-bond donors (Lipinski definition) is 1. The van der Waals surface area contributed by atoms with Gasteiger partial charge in [0.25, 0.3) is 5.91 Å². The summed E-state index contributed by atoms with van der Waals surface area (Å²) >= 11 is 0. The number of sulfonamides is 1. The summed E-state index contributed by atoms with van der Waals surface area (Å²) in [5.74, 6) is 0.677. The second kappa shape index (κ2) is 5.89. The molecule has 1 saturated heterocycles. The lowest BCUT2D eigenvalue weighted by atomic mass is 10.0. The van der Waals surface area contributed by atoms with Crippen molar-refractivity contribution in [2.24, 2.45) is 11.1 Å². The second-order valence-electron chi connectivity index (χ2n) is 6.01. The van der Waals surface area contributed by atoms with Crippen LogP contribution in [0.2, 0.25) is 0 Å². The molecule has 1 atom stereocenters. The van der Waals surface area contributed by atoms with Crippen LogP contribution in [0.1, 0.15) is 28.8 Å². The fourth-order valence-electron chi connectivity index (χ4n) is 3.16. The Bertz CT molecular complexity index is 687.